The second-order valence-corrected chi connectivity index (χ2v) is 8.09. The standard InChI is InChI=1S/C25H30N4O/c1-4-23-22(17-26-29(23)21-13-11-19(2)12-14-21)25(30)27(3)18-20-9-5-6-10-24(20)28-15-7-8-16-28/h5-6,9-14,17H,4,7-8,15-16,18H2,1-3H3. The SMILES string of the molecule is CCc1c(C(=O)N(C)Cc2ccccc2N2CCCC2)cnn1-c1ccc(C)cc1. The quantitative estimate of drug-likeness (QED) is 0.604. The Bertz CT molecular complexity index is 1020. The lowest BCUT2D eigenvalue weighted by molar-refractivity contribution is 0.0784. The van der Waals surface area contributed by atoms with Crippen LogP contribution in [-0.4, -0.2) is 40.7 Å². The number of carbonyl (C=O) groups excluding carboxylic acids is 1. The number of aromatic nitrogens is 2. The van der Waals surface area contributed by atoms with Crippen molar-refractivity contribution in [3.63, 3.8) is 0 Å². The van der Waals surface area contributed by atoms with Gasteiger partial charge in [-0.1, -0.05) is 42.8 Å². The molecule has 1 saturated heterocycles. The Labute approximate surface area is 178 Å². The first-order chi connectivity index (χ1) is 14.6. The van der Waals surface area contributed by atoms with E-state index in [2.05, 4.69) is 60.2 Å². The average molecular weight is 403 g/mol. The van der Waals surface area contributed by atoms with E-state index in [1.54, 1.807) is 6.20 Å². The molecule has 0 bridgehead atoms. The van der Waals surface area contributed by atoms with Crippen LogP contribution in [0.1, 0.15) is 46.9 Å². The summed E-state index contributed by atoms with van der Waals surface area (Å²) in [6.07, 6.45) is 4.93. The summed E-state index contributed by atoms with van der Waals surface area (Å²) in [7, 11) is 1.88. The molecule has 0 saturated carbocycles. The topological polar surface area (TPSA) is 41.4 Å². The van der Waals surface area contributed by atoms with E-state index in [1.807, 2.05) is 28.8 Å². The van der Waals surface area contributed by atoms with Crippen LogP contribution >= 0.6 is 0 Å². The van der Waals surface area contributed by atoms with Gasteiger partial charge in [-0.2, -0.15) is 5.10 Å². The molecule has 1 aliphatic heterocycles. The van der Waals surface area contributed by atoms with Gasteiger partial charge in [0.15, 0.2) is 0 Å². The van der Waals surface area contributed by atoms with Gasteiger partial charge >= 0.3 is 0 Å². The Morgan fingerprint density at radius 3 is 2.47 bits per heavy atom. The molecule has 2 heterocycles. The van der Waals surface area contributed by atoms with E-state index < -0.39 is 0 Å². The fourth-order valence-corrected chi connectivity index (χ4v) is 4.25. The van der Waals surface area contributed by atoms with Gasteiger partial charge in [-0.25, -0.2) is 4.68 Å². The summed E-state index contributed by atoms with van der Waals surface area (Å²) in [6.45, 7) is 6.92. The zero-order valence-corrected chi connectivity index (χ0v) is 18.1. The first-order valence-corrected chi connectivity index (χ1v) is 10.8. The number of amides is 1. The second kappa shape index (κ2) is 8.74. The Morgan fingerprint density at radius 1 is 1.07 bits per heavy atom. The van der Waals surface area contributed by atoms with Crippen molar-refractivity contribution in [2.24, 2.45) is 0 Å². The van der Waals surface area contributed by atoms with Crippen molar-refractivity contribution in [2.75, 3.05) is 25.0 Å². The maximum absolute atomic E-state index is 13.3. The van der Waals surface area contributed by atoms with E-state index in [1.165, 1.54) is 29.7 Å². The van der Waals surface area contributed by atoms with E-state index >= 15 is 0 Å². The molecule has 5 nitrogen and oxygen atoms in total. The van der Waals surface area contributed by atoms with Gasteiger partial charge in [0, 0.05) is 32.4 Å². The summed E-state index contributed by atoms with van der Waals surface area (Å²) in [5, 5.41) is 4.54. The van der Waals surface area contributed by atoms with E-state index in [9.17, 15) is 4.79 Å². The maximum atomic E-state index is 13.3. The van der Waals surface area contributed by atoms with E-state index in [0.29, 0.717) is 12.1 Å². The van der Waals surface area contributed by atoms with E-state index in [-0.39, 0.29) is 5.91 Å². The number of anilines is 1. The number of hydrogen-bond donors (Lipinski definition) is 0. The lowest BCUT2D eigenvalue weighted by atomic mass is 10.1. The predicted molar refractivity (Wildman–Crippen MR) is 121 cm³/mol. The molecule has 0 aliphatic carbocycles. The molecule has 30 heavy (non-hydrogen) atoms. The van der Waals surface area contributed by atoms with Gasteiger partial charge in [-0.15, -0.1) is 0 Å². The fraction of sp³-hybridized carbons (Fsp3) is 0.360. The minimum atomic E-state index is 0.0152. The van der Waals surface area contributed by atoms with E-state index in [4.69, 9.17) is 0 Å². The second-order valence-electron chi connectivity index (χ2n) is 8.09. The molecule has 1 aliphatic rings. The maximum Gasteiger partial charge on any atom is 0.257 e. The van der Waals surface area contributed by atoms with Gasteiger partial charge in [0.2, 0.25) is 0 Å². The number of rotatable bonds is 6. The molecular formula is C25H30N4O. The Morgan fingerprint density at radius 2 is 1.77 bits per heavy atom. The molecular weight excluding hydrogens is 372 g/mol. The van der Waals surface area contributed by atoms with E-state index in [0.717, 1.165) is 30.9 Å². The van der Waals surface area contributed by atoms with Crippen LogP contribution in [0, 0.1) is 6.92 Å². The smallest absolute Gasteiger partial charge is 0.257 e. The molecule has 0 atom stereocenters. The van der Waals surface area contributed by atoms with Crippen LogP contribution in [0.2, 0.25) is 0 Å². The largest absolute Gasteiger partial charge is 0.371 e. The van der Waals surface area contributed by atoms with Crippen molar-refractivity contribution in [3.8, 4) is 5.69 Å². The summed E-state index contributed by atoms with van der Waals surface area (Å²) in [6, 6.07) is 16.7. The molecule has 1 amide bonds. The van der Waals surface area contributed by atoms with Crippen molar-refractivity contribution in [3.05, 3.63) is 77.1 Å². The Kier molecular flexibility index (Phi) is 5.88. The summed E-state index contributed by atoms with van der Waals surface area (Å²) in [5.41, 5.74) is 6.26. The molecule has 3 aromatic rings. The number of carbonyl (C=O) groups is 1. The van der Waals surface area contributed by atoms with Gasteiger partial charge < -0.3 is 9.80 Å². The first kappa shape index (κ1) is 20.2. The van der Waals surface area contributed by atoms with Crippen molar-refractivity contribution in [1.29, 1.82) is 0 Å². The molecule has 0 unspecified atom stereocenters. The Hall–Kier alpha value is -3.08. The van der Waals surface area contributed by atoms with Crippen LogP contribution in [0.25, 0.3) is 5.69 Å². The third-order valence-electron chi connectivity index (χ3n) is 5.91. The van der Waals surface area contributed by atoms with Gasteiger partial charge in [0.25, 0.3) is 5.91 Å². The molecule has 1 fully saturated rings. The minimum absolute atomic E-state index is 0.0152. The number of para-hydroxylation sites is 1. The van der Waals surface area contributed by atoms with Crippen molar-refractivity contribution >= 4 is 11.6 Å². The number of nitrogens with zero attached hydrogens (tertiary/aromatic N) is 4. The van der Waals surface area contributed by atoms with Crippen LogP contribution in [0.5, 0.6) is 0 Å². The molecule has 4 rings (SSSR count). The highest BCUT2D eigenvalue weighted by Gasteiger charge is 2.22. The third kappa shape index (κ3) is 3.97. The summed E-state index contributed by atoms with van der Waals surface area (Å²) < 4.78 is 1.89. The number of hydrogen-bond acceptors (Lipinski definition) is 3. The average Bonchev–Trinajstić information content (AvgIpc) is 3.44. The minimum Gasteiger partial charge on any atom is -0.371 e. The number of aryl methyl sites for hydroxylation is 1. The molecule has 156 valence electrons. The Balaban J connectivity index is 1.57. The summed E-state index contributed by atoms with van der Waals surface area (Å²) in [5.74, 6) is 0.0152. The lowest BCUT2D eigenvalue weighted by Gasteiger charge is -2.24. The highest BCUT2D eigenvalue weighted by molar-refractivity contribution is 5.95. The van der Waals surface area contributed by atoms with Crippen molar-refractivity contribution in [2.45, 2.75) is 39.7 Å². The van der Waals surface area contributed by atoms with Crippen LogP contribution in [0.3, 0.4) is 0 Å². The van der Waals surface area contributed by atoms with Crippen LogP contribution in [-0.2, 0) is 13.0 Å². The molecule has 5 heteroatoms. The lowest BCUT2D eigenvalue weighted by Crippen LogP contribution is -2.28. The normalized spacial score (nSPS) is 13.6. The zero-order valence-electron chi connectivity index (χ0n) is 18.1. The fourth-order valence-electron chi connectivity index (χ4n) is 4.25. The summed E-state index contributed by atoms with van der Waals surface area (Å²) >= 11 is 0. The molecule has 0 radical (unpaired) electrons. The van der Waals surface area contributed by atoms with Crippen LogP contribution in [0.15, 0.2) is 54.7 Å². The van der Waals surface area contributed by atoms with Crippen molar-refractivity contribution < 1.29 is 4.79 Å². The highest BCUT2D eigenvalue weighted by atomic mass is 16.2. The summed E-state index contributed by atoms with van der Waals surface area (Å²) in [4.78, 5) is 17.6. The molecule has 2 aromatic carbocycles. The van der Waals surface area contributed by atoms with Crippen molar-refractivity contribution in [1.82, 2.24) is 14.7 Å². The van der Waals surface area contributed by atoms with Crippen LogP contribution in [0.4, 0.5) is 5.69 Å². The van der Waals surface area contributed by atoms with Gasteiger partial charge in [-0.3, -0.25) is 4.79 Å². The monoisotopic (exact) mass is 402 g/mol. The highest BCUT2D eigenvalue weighted by Crippen LogP contribution is 2.26. The predicted octanol–water partition coefficient (Wildman–Crippen LogP) is 4.62. The van der Waals surface area contributed by atoms with Gasteiger partial charge in [0.05, 0.1) is 23.1 Å². The third-order valence-corrected chi connectivity index (χ3v) is 5.91. The molecule has 0 spiro atoms. The zero-order chi connectivity index (χ0) is 21.1. The van der Waals surface area contributed by atoms with Gasteiger partial charge in [-0.05, 0) is 49.9 Å². The van der Waals surface area contributed by atoms with Crippen LogP contribution < -0.4 is 4.90 Å². The first-order valence-electron chi connectivity index (χ1n) is 10.8. The van der Waals surface area contributed by atoms with Gasteiger partial charge in [0.1, 0.15) is 0 Å². The molecule has 1 aromatic heterocycles. The molecule has 0 N–H and O–H groups in total. The number of benzene rings is 2.